The Morgan fingerprint density at radius 1 is 1.35 bits per heavy atom. The van der Waals surface area contributed by atoms with Crippen molar-refractivity contribution in [1.82, 2.24) is 15.6 Å². The Bertz CT molecular complexity index is 700. The number of rotatable bonds is 4. The number of hydrogen-bond acceptors (Lipinski definition) is 3. The zero-order valence-corrected chi connectivity index (χ0v) is 14.2. The van der Waals surface area contributed by atoms with Gasteiger partial charge in [-0.1, -0.05) is 31.5 Å². The lowest BCUT2D eigenvalue weighted by molar-refractivity contribution is 0.571. The third kappa shape index (κ3) is 3.73. The highest BCUT2D eigenvalue weighted by Gasteiger charge is 2.46. The largest absolute Gasteiger partial charge is 0.444 e. The zero-order valence-electron chi connectivity index (χ0n) is 14.2. The number of aryl methyl sites for hydroxylation is 1. The molecule has 1 aliphatic rings. The summed E-state index contributed by atoms with van der Waals surface area (Å²) in [6.07, 6.45) is 2.87. The van der Waals surface area contributed by atoms with Crippen LogP contribution in [0.15, 0.2) is 39.9 Å². The Morgan fingerprint density at radius 2 is 2.04 bits per heavy atom. The summed E-state index contributed by atoms with van der Waals surface area (Å²) in [6.45, 7) is 7.16. The van der Waals surface area contributed by atoms with Gasteiger partial charge in [-0.2, -0.15) is 0 Å². The standard InChI is InChI=1S/C18H24N4O/c1-12-5-7-13(8-6-12)16-21-14(11-23-16)10-20-17(19-4)22-15-9-18(15,2)3/h5-8,11,15H,9-10H2,1-4H3,(H2,19,20,22). The van der Waals surface area contributed by atoms with Crippen molar-refractivity contribution in [2.45, 2.75) is 39.8 Å². The molecule has 0 bridgehead atoms. The summed E-state index contributed by atoms with van der Waals surface area (Å²) in [7, 11) is 1.78. The van der Waals surface area contributed by atoms with E-state index in [9.17, 15) is 0 Å². The monoisotopic (exact) mass is 312 g/mol. The van der Waals surface area contributed by atoms with E-state index in [0.29, 0.717) is 23.9 Å². The maximum Gasteiger partial charge on any atom is 0.226 e. The van der Waals surface area contributed by atoms with Crippen molar-refractivity contribution in [2.24, 2.45) is 10.4 Å². The van der Waals surface area contributed by atoms with Crippen LogP contribution in [0.1, 0.15) is 31.5 Å². The summed E-state index contributed by atoms with van der Waals surface area (Å²) in [5.41, 5.74) is 3.44. The van der Waals surface area contributed by atoms with E-state index in [1.807, 2.05) is 12.1 Å². The van der Waals surface area contributed by atoms with Gasteiger partial charge in [0, 0.05) is 18.7 Å². The third-order valence-corrected chi connectivity index (χ3v) is 4.34. The van der Waals surface area contributed by atoms with E-state index in [1.54, 1.807) is 13.3 Å². The second-order valence-electron chi connectivity index (χ2n) is 6.83. The zero-order chi connectivity index (χ0) is 16.4. The summed E-state index contributed by atoms with van der Waals surface area (Å²) in [6, 6.07) is 8.65. The second kappa shape index (κ2) is 6.07. The molecule has 1 aliphatic carbocycles. The highest BCUT2D eigenvalue weighted by atomic mass is 16.3. The molecule has 0 amide bonds. The Morgan fingerprint density at radius 3 is 2.65 bits per heavy atom. The van der Waals surface area contributed by atoms with E-state index in [4.69, 9.17) is 4.42 Å². The molecule has 1 atom stereocenters. The number of guanidine groups is 1. The van der Waals surface area contributed by atoms with Crippen molar-refractivity contribution in [3.63, 3.8) is 0 Å². The average Bonchev–Trinajstić information content (AvgIpc) is 2.93. The number of aromatic nitrogens is 1. The average molecular weight is 312 g/mol. The molecular formula is C18H24N4O. The van der Waals surface area contributed by atoms with Crippen molar-refractivity contribution in [2.75, 3.05) is 7.05 Å². The van der Waals surface area contributed by atoms with E-state index in [1.165, 1.54) is 12.0 Å². The summed E-state index contributed by atoms with van der Waals surface area (Å²) in [5.74, 6) is 1.45. The molecule has 0 saturated heterocycles. The van der Waals surface area contributed by atoms with Gasteiger partial charge >= 0.3 is 0 Å². The lowest BCUT2D eigenvalue weighted by atomic mass is 10.1. The molecule has 2 aromatic rings. The van der Waals surface area contributed by atoms with Crippen molar-refractivity contribution < 1.29 is 4.42 Å². The van der Waals surface area contributed by atoms with Crippen molar-refractivity contribution in [1.29, 1.82) is 0 Å². The molecule has 0 radical (unpaired) electrons. The van der Waals surface area contributed by atoms with Crippen molar-refractivity contribution in [3.8, 4) is 11.5 Å². The number of aliphatic imine (C=N–C) groups is 1. The molecule has 0 spiro atoms. The van der Waals surface area contributed by atoms with Gasteiger partial charge in [-0.05, 0) is 30.9 Å². The Labute approximate surface area is 137 Å². The fraction of sp³-hybridized carbons (Fsp3) is 0.444. The van der Waals surface area contributed by atoms with E-state index in [2.05, 4.69) is 53.5 Å². The van der Waals surface area contributed by atoms with E-state index >= 15 is 0 Å². The summed E-state index contributed by atoms with van der Waals surface area (Å²) < 4.78 is 5.57. The maximum absolute atomic E-state index is 5.57. The molecule has 0 aliphatic heterocycles. The Kier molecular flexibility index (Phi) is 4.11. The minimum Gasteiger partial charge on any atom is -0.444 e. The first-order chi connectivity index (χ1) is 11.0. The molecule has 1 unspecified atom stereocenters. The highest BCUT2D eigenvalue weighted by molar-refractivity contribution is 5.80. The smallest absolute Gasteiger partial charge is 0.226 e. The van der Waals surface area contributed by atoms with Crippen LogP contribution in [0.25, 0.3) is 11.5 Å². The van der Waals surface area contributed by atoms with Gasteiger partial charge in [0.25, 0.3) is 0 Å². The van der Waals surface area contributed by atoms with Crippen LogP contribution in [0.2, 0.25) is 0 Å². The molecule has 1 aromatic heterocycles. The first kappa shape index (κ1) is 15.6. The molecule has 1 fully saturated rings. The van der Waals surface area contributed by atoms with Crippen LogP contribution in [-0.4, -0.2) is 24.0 Å². The summed E-state index contributed by atoms with van der Waals surface area (Å²) in [5, 5.41) is 6.71. The highest BCUT2D eigenvalue weighted by Crippen LogP contribution is 2.44. The molecule has 23 heavy (non-hydrogen) atoms. The SMILES string of the molecule is CN=C(NCc1coc(-c2ccc(C)cc2)n1)NC1CC1(C)C. The van der Waals surface area contributed by atoms with Gasteiger partial charge in [-0.3, -0.25) is 4.99 Å². The van der Waals surface area contributed by atoms with Crippen LogP contribution < -0.4 is 10.6 Å². The lowest BCUT2D eigenvalue weighted by Crippen LogP contribution is -2.39. The van der Waals surface area contributed by atoms with Gasteiger partial charge in [0.05, 0.1) is 12.2 Å². The minimum atomic E-state index is 0.365. The fourth-order valence-corrected chi connectivity index (χ4v) is 2.46. The van der Waals surface area contributed by atoms with Crippen molar-refractivity contribution >= 4 is 5.96 Å². The molecule has 2 N–H and O–H groups in total. The van der Waals surface area contributed by atoms with E-state index < -0.39 is 0 Å². The summed E-state index contributed by atoms with van der Waals surface area (Å²) in [4.78, 5) is 8.79. The molecular weight excluding hydrogens is 288 g/mol. The van der Waals surface area contributed by atoms with Crippen LogP contribution in [0.4, 0.5) is 0 Å². The Hall–Kier alpha value is -2.30. The molecule has 1 saturated carbocycles. The van der Waals surface area contributed by atoms with Crippen LogP contribution >= 0.6 is 0 Å². The van der Waals surface area contributed by atoms with Crippen LogP contribution in [-0.2, 0) is 6.54 Å². The Balaban J connectivity index is 1.57. The van der Waals surface area contributed by atoms with Crippen LogP contribution in [0.5, 0.6) is 0 Å². The van der Waals surface area contributed by atoms with Crippen LogP contribution in [0.3, 0.4) is 0 Å². The topological polar surface area (TPSA) is 62.5 Å². The minimum absolute atomic E-state index is 0.365. The number of nitrogens with zero attached hydrogens (tertiary/aromatic N) is 2. The quantitative estimate of drug-likeness (QED) is 0.672. The predicted molar refractivity (Wildman–Crippen MR) is 92.2 cm³/mol. The van der Waals surface area contributed by atoms with Crippen LogP contribution in [0, 0.1) is 12.3 Å². The van der Waals surface area contributed by atoms with Gasteiger partial charge in [0.15, 0.2) is 5.96 Å². The molecule has 1 aromatic carbocycles. The van der Waals surface area contributed by atoms with Gasteiger partial charge in [-0.25, -0.2) is 4.98 Å². The molecule has 1 heterocycles. The predicted octanol–water partition coefficient (Wildman–Crippen LogP) is 3.11. The first-order valence-electron chi connectivity index (χ1n) is 7.96. The molecule has 5 nitrogen and oxygen atoms in total. The lowest BCUT2D eigenvalue weighted by Gasteiger charge is -2.11. The molecule has 122 valence electrons. The number of oxazole rings is 1. The van der Waals surface area contributed by atoms with Gasteiger partial charge in [0.2, 0.25) is 5.89 Å². The number of hydrogen-bond donors (Lipinski definition) is 2. The maximum atomic E-state index is 5.57. The third-order valence-electron chi connectivity index (χ3n) is 4.34. The first-order valence-corrected chi connectivity index (χ1v) is 7.96. The second-order valence-corrected chi connectivity index (χ2v) is 6.83. The number of nitrogens with one attached hydrogen (secondary N) is 2. The normalized spacial score (nSPS) is 19.5. The van der Waals surface area contributed by atoms with E-state index in [0.717, 1.165) is 17.2 Å². The summed E-state index contributed by atoms with van der Waals surface area (Å²) >= 11 is 0. The van der Waals surface area contributed by atoms with Gasteiger partial charge < -0.3 is 15.1 Å². The fourth-order valence-electron chi connectivity index (χ4n) is 2.46. The van der Waals surface area contributed by atoms with Gasteiger partial charge in [0.1, 0.15) is 6.26 Å². The molecule has 5 heteroatoms. The van der Waals surface area contributed by atoms with Gasteiger partial charge in [-0.15, -0.1) is 0 Å². The number of benzene rings is 1. The molecule has 3 rings (SSSR count). The van der Waals surface area contributed by atoms with E-state index in [-0.39, 0.29) is 0 Å². The van der Waals surface area contributed by atoms with Crippen molar-refractivity contribution in [3.05, 3.63) is 41.8 Å².